The molecule has 3 aliphatic rings. The van der Waals surface area contributed by atoms with Gasteiger partial charge in [-0.2, -0.15) is 0 Å². The summed E-state index contributed by atoms with van der Waals surface area (Å²) in [6, 6.07) is 0.713. The minimum atomic E-state index is 0.308. The van der Waals surface area contributed by atoms with Crippen LogP contribution < -0.4 is 5.73 Å². The van der Waals surface area contributed by atoms with Crippen molar-refractivity contribution in [3.05, 3.63) is 0 Å². The van der Waals surface area contributed by atoms with Crippen molar-refractivity contribution in [2.75, 3.05) is 6.54 Å². The van der Waals surface area contributed by atoms with E-state index in [0.717, 1.165) is 37.5 Å². The second-order valence-electron chi connectivity index (χ2n) is 6.34. The molecule has 0 radical (unpaired) electrons. The van der Waals surface area contributed by atoms with Gasteiger partial charge < -0.3 is 10.6 Å². The van der Waals surface area contributed by atoms with Crippen LogP contribution >= 0.6 is 0 Å². The highest BCUT2D eigenvalue weighted by atomic mass is 16.2. The zero-order chi connectivity index (χ0) is 12.0. The summed E-state index contributed by atoms with van der Waals surface area (Å²) in [5.41, 5.74) is 5.83. The third-order valence-electron chi connectivity index (χ3n) is 5.15. The Labute approximate surface area is 104 Å². The predicted octanol–water partition coefficient (Wildman–Crippen LogP) is 1.76. The Morgan fingerprint density at radius 2 is 1.94 bits per heavy atom. The maximum Gasteiger partial charge on any atom is 0.226 e. The van der Waals surface area contributed by atoms with Gasteiger partial charge in [-0.3, -0.25) is 4.79 Å². The molecule has 2 N–H and O–H groups in total. The van der Waals surface area contributed by atoms with Crippen LogP contribution in [0.3, 0.4) is 0 Å². The van der Waals surface area contributed by atoms with Crippen molar-refractivity contribution in [1.29, 1.82) is 0 Å². The average molecular weight is 236 g/mol. The third kappa shape index (κ3) is 1.99. The number of amides is 1. The summed E-state index contributed by atoms with van der Waals surface area (Å²) in [6.45, 7) is 2.82. The first-order valence-electron chi connectivity index (χ1n) is 7.23. The summed E-state index contributed by atoms with van der Waals surface area (Å²) in [7, 11) is 0. The lowest BCUT2D eigenvalue weighted by Gasteiger charge is -2.41. The lowest BCUT2D eigenvalue weighted by molar-refractivity contribution is -0.142. The molecule has 96 valence electrons. The molecule has 17 heavy (non-hydrogen) atoms. The van der Waals surface area contributed by atoms with Gasteiger partial charge in [-0.25, -0.2) is 0 Å². The first-order chi connectivity index (χ1) is 8.20. The van der Waals surface area contributed by atoms with E-state index in [4.69, 9.17) is 5.73 Å². The Morgan fingerprint density at radius 1 is 1.24 bits per heavy atom. The standard InChI is InChI=1S/C14H24N2O/c1-9-3-2-4-13(8-15)16(9)14(17)12-6-10-5-11(10)7-12/h9-13H,2-8,15H2,1H3. The topological polar surface area (TPSA) is 46.3 Å². The number of fused-ring (bicyclic) bond motifs is 1. The Kier molecular flexibility index (Phi) is 2.89. The fourth-order valence-corrected chi connectivity index (χ4v) is 4.04. The van der Waals surface area contributed by atoms with Crippen LogP contribution in [0.5, 0.6) is 0 Å². The molecule has 0 bridgehead atoms. The molecule has 3 heteroatoms. The van der Waals surface area contributed by atoms with Crippen LogP contribution in [-0.4, -0.2) is 29.4 Å². The van der Waals surface area contributed by atoms with Crippen molar-refractivity contribution in [2.45, 2.75) is 57.5 Å². The van der Waals surface area contributed by atoms with Crippen LogP contribution in [0.2, 0.25) is 0 Å². The van der Waals surface area contributed by atoms with Gasteiger partial charge in [0.15, 0.2) is 0 Å². The van der Waals surface area contributed by atoms with Crippen LogP contribution in [0.1, 0.15) is 45.4 Å². The number of rotatable bonds is 2. The summed E-state index contributed by atoms with van der Waals surface area (Å²) < 4.78 is 0. The molecule has 2 saturated carbocycles. The van der Waals surface area contributed by atoms with E-state index < -0.39 is 0 Å². The molecular weight excluding hydrogens is 212 g/mol. The highest BCUT2D eigenvalue weighted by molar-refractivity contribution is 5.80. The molecule has 1 aliphatic heterocycles. The van der Waals surface area contributed by atoms with Gasteiger partial charge in [0.05, 0.1) is 0 Å². The van der Waals surface area contributed by atoms with E-state index >= 15 is 0 Å². The molecule has 2 aliphatic carbocycles. The highest BCUT2D eigenvalue weighted by Crippen LogP contribution is 2.54. The van der Waals surface area contributed by atoms with Crippen molar-refractivity contribution < 1.29 is 4.79 Å². The SMILES string of the molecule is CC1CCCC(CN)N1C(=O)C1CC2CC2C1. The molecule has 0 aromatic heterocycles. The highest BCUT2D eigenvalue weighted by Gasteiger charge is 2.49. The molecule has 0 aromatic carbocycles. The van der Waals surface area contributed by atoms with Gasteiger partial charge in [-0.1, -0.05) is 0 Å². The van der Waals surface area contributed by atoms with Gasteiger partial charge in [-0.15, -0.1) is 0 Å². The number of carbonyl (C=O) groups is 1. The maximum absolute atomic E-state index is 12.6. The van der Waals surface area contributed by atoms with E-state index in [9.17, 15) is 4.79 Å². The second kappa shape index (κ2) is 4.27. The summed E-state index contributed by atoms with van der Waals surface area (Å²) in [6.07, 6.45) is 7.18. The Morgan fingerprint density at radius 3 is 2.59 bits per heavy atom. The van der Waals surface area contributed by atoms with Gasteiger partial charge >= 0.3 is 0 Å². The van der Waals surface area contributed by atoms with Crippen LogP contribution in [0, 0.1) is 17.8 Å². The summed E-state index contributed by atoms with van der Waals surface area (Å²) in [5.74, 6) is 2.52. The number of nitrogens with zero attached hydrogens (tertiary/aromatic N) is 1. The molecule has 4 unspecified atom stereocenters. The molecule has 1 saturated heterocycles. The van der Waals surface area contributed by atoms with Crippen molar-refractivity contribution in [3.8, 4) is 0 Å². The Balaban J connectivity index is 1.69. The first kappa shape index (κ1) is 11.5. The van der Waals surface area contributed by atoms with Gasteiger partial charge in [-0.05, 0) is 57.3 Å². The van der Waals surface area contributed by atoms with E-state index in [1.165, 1.54) is 12.8 Å². The van der Waals surface area contributed by atoms with Crippen LogP contribution in [0.15, 0.2) is 0 Å². The van der Waals surface area contributed by atoms with Gasteiger partial charge in [0.2, 0.25) is 5.91 Å². The lowest BCUT2D eigenvalue weighted by atomic mass is 9.92. The lowest BCUT2D eigenvalue weighted by Crippen LogP contribution is -2.53. The number of piperidine rings is 1. The normalized spacial score (nSPS) is 44.6. The van der Waals surface area contributed by atoms with Crippen LogP contribution in [0.4, 0.5) is 0 Å². The first-order valence-corrected chi connectivity index (χ1v) is 7.23. The smallest absolute Gasteiger partial charge is 0.226 e. The average Bonchev–Trinajstić information content (AvgIpc) is 2.95. The quantitative estimate of drug-likeness (QED) is 0.794. The van der Waals surface area contributed by atoms with Gasteiger partial charge in [0, 0.05) is 24.5 Å². The van der Waals surface area contributed by atoms with E-state index in [-0.39, 0.29) is 0 Å². The number of nitrogens with two attached hydrogens (primary N) is 1. The van der Waals surface area contributed by atoms with Crippen molar-refractivity contribution in [2.24, 2.45) is 23.5 Å². The monoisotopic (exact) mass is 236 g/mol. The summed E-state index contributed by atoms with van der Waals surface area (Å²) in [4.78, 5) is 14.8. The Hall–Kier alpha value is -0.570. The minimum Gasteiger partial charge on any atom is -0.336 e. The summed E-state index contributed by atoms with van der Waals surface area (Å²) >= 11 is 0. The molecule has 3 fully saturated rings. The zero-order valence-corrected chi connectivity index (χ0v) is 10.8. The van der Waals surface area contributed by atoms with E-state index in [2.05, 4.69) is 11.8 Å². The molecule has 4 atom stereocenters. The molecule has 1 amide bonds. The Bertz CT molecular complexity index is 307. The van der Waals surface area contributed by atoms with Crippen molar-refractivity contribution in [1.82, 2.24) is 4.90 Å². The third-order valence-corrected chi connectivity index (χ3v) is 5.15. The summed E-state index contributed by atoms with van der Waals surface area (Å²) in [5, 5.41) is 0. The van der Waals surface area contributed by atoms with E-state index in [0.29, 0.717) is 30.5 Å². The van der Waals surface area contributed by atoms with Crippen molar-refractivity contribution in [3.63, 3.8) is 0 Å². The van der Waals surface area contributed by atoms with Crippen LogP contribution in [0.25, 0.3) is 0 Å². The number of hydrogen-bond donors (Lipinski definition) is 1. The molecule has 1 heterocycles. The fourth-order valence-electron chi connectivity index (χ4n) is 4.04. The number of hydrogen-bond acceptors (Lipinski definition) is 2. The van der Waals surface area contributed by atoms with Gasteiger partial charge in [0.25, 0.3) is 0 Å². The number of carbonyl (C=O) groups excluding carboxylic acids is 1. The van der Waals surface area contributed by atoms with E-state index in [1.54, 1.807) is 0 Å². The van der Waals surface area contributed by atoms with Crippen LogP contribution in [-0.2, 0) is 4.79 Å². The van der Waals surface area contributed by atoms with Gasteiger partial charge in [0.1, 0.15) is 0 Å². The molecule has 3 rings (SSSR count). The molecule has 0 aromatic rings. The zero-order valence-electron chi connectivity index (χ0n) is 10.8. The molecular formula is C14H24N2O. The van der Waals surface area contributed by atoms with E-state index in [1.807, 2.05) is 0 Å². The number of likely N-dealkylation sites (tertiary alicyclic amines) is 1. The predicted molar refractivity (Wildman–Crippen MR) is 67.3 cm³/mol. The maximum atomic E-state index is 12.6. The second-order valence-corrected chi connectivity index (χ2v) is 6.34. The molecule has 0 spiro atoms. The minimum absolute atomic E-state index is 0.308. The van der Waals surface area contributed by atoms with Crippen molar-refractivity contribution >= 4 is 5.91 Å². The molecule has 3 nitrogen and oxygen atoms in total. The largest absolute Gasteiger partial charge is 0.336 e. The fraction of sp³-hybridized carbons (Fsp3) is 0.929.